The number of ether oxygens (including phenoxy) is 1. The Labute approximate surface area is 134 Å². The molecule has 1 aliphatic rings. The fraction of sp³-hybridized carbons (Fsp3) is 0.222. The zero-order chi connectivity index (χ0) is 16.4. The van der Waals surface area contributed by atoms with E-state index in [1.165, 1.54) is 4.90 Å². The zero-order valence-electron chi connectivity index (χ0n) is 12.9. The van der Waals surface area contributed by atoms with Gasteiger partial charge in [-0.2, -0.15) is 0 Å². The molecule has 0 fully saturated rings. The van der Waals surface area contributed by atoms with Crippen molar-refractivity contribution in [2.45, 2.75) is 12.5 Å². The number of methoxy groups -OCH3 is 1. The highest BCUT2D eigenvalue weighted by atomic mass is 16.5. The van der Waals surface area contributed by atoms with E-state index in [0.29, 0.717) is 17.5 Å². The normalized spacial score (nSPS) is 14.8. The molecule has 0 aliphatic carbocycles. The third-order valence-corrected chi connectivity index (χ3v) is 3.93. The fourth-order valence-electron chi connectivity index (χ4n) is 2.81. The number of fused-ring (bicyclic) bond motifs is 1. The molecule has 0 saturated carbocycles. The molecule has 0 aromatic heterocycles. The van der Waals surface area contributed by atoms with Crippen molar-refractivity contribution >= 4 is 11.8 Å². The Bertz CT molecular complexity index is 722. The first-order valence-electron chi connectivity index (χ1n) is 7.44. The summed E-state index contributed by atoms with van der Waals surface area (Å²) in [6.45, 7) is 0.198. The molecular weight excluding hydrogens is 292 g/mol. The number of nitrogens with two attached hydrogens (primary N) is 1. The highest BCUT2D eigenvalue weighted by Gasteiger charge is 2.35. The summed E-state index contributed by atoms with van der Waals surface area (Å²) in [4.78, 5) is 25.9. The first-order chi connectivity index (χ1) is 11.1. The van der Waals surface area contributed by atoms with Crippen molar-refractivity contribution in [1.29, 1.82) is 0 Å². The Balaban J connectivity index is 1.70. The minimum absolute atomic E-state index is 0.198. The number of amides is 2. The first kappa shape index (κ1) is 15.2. The molecule has 3 rings (SSSR count). The molecule has 1 unspecified atom stereocenters. The largest absolute Gasteiger partial charge is 0.497 e. The van der Waals surface area contributed by atoms with E-state index in [4.69, 9.17) is 10.5 Å². The molecule has 0 radical (unpaired) electrons. The van der Waals surface area contributed by atoms with Crippen LogP contribution in [0.2, 0.25) is 0 Å². The van der Waals surface area contributed by atoms with E-state index in [1.54, 1.807) is 31.4 Å². The van der Waals surface area contributed by atoms with Crippen molar-refractivity contribution in [2.24, 2.45) is 5.73 Å². The average molecular weight is 310 g/mol. The smallest absolute Gasteiger partial charge is 0.261 e. The Morgan fingerprint density at radius 3 is 2.30 bits per heavy atom. The molecule has 23 heavy (non-hydrogen) atoms. The molecule has 2 amide bonds. The number of benzene rings is 2. The van der Waals surface area contributed by atoms with E-state index in [2.05, 4.69) is 0 Å². The Morgan fingerprint density at radius 2 is 1.70 bits per heavy atom. The topological polar surface area (TPSA) is 72.6 Å². The maximum Gasteiger partial charge on any atom is 0.261 e. The lowest BCUT2D eigenvalue weighted by Crippen LogP contribution is -2.41. The average Bonchev–Trinajstić information content (AvgIpc) is 2.80. The predicted octanol–water partition coefficient (Wildman–Crippen LogP) is 1.86. The lowest BCUT2D eigenvalue weighted by atomic mass is 10.1. The van der Waals surface area contributed by atoms with Gasteiger partial charge in [-0.1, -0.05) is 24.3 Å². The summed E-state index contributed by atoms with van der Waals surface area (Å²) in [7, 11) is 1.61. The second-order valence-corrected chi connectivity index (χ2v) is 5.58. The Kier molecular flexibility index (Phi) is 4.12. The van der Waals surface area contributed by atoms with E-state index in [-0.39, 0.29) is 24.4 Å². The molecule has 118 valence electrons. The summed E-state index contributed by atoms with van der Waals surface area (Å²) in [6, 6.07) is 14.1. The summed E-state index contributed by atoms with van der Waals surface area (Å²) in [5, 5.41) is 0. The predicted molar refractivity (Wildman–Crippen MR) is 86.5 cm³/mol. The van der Waals surface area contributed by atoms with Gasteiger partial charge in [0, 0.05) is 12.6 Å². The molecule has 0 spiro atoms. The van der Waals surface area contributed by atoms with Gasteiger partial charge in [0.15, 0.2) is 0 Å². The number of rotatable bonds is 5. The fourth-order valence-corrected chi connectivity index (χ4v) is 2.81. The van der Waals surface area contributed by atoms with Crippen LogP contribution in [0.3, 0.4) is 0 Å². The van der Waals surface area contributed by atoms with Gasteiger partial charge in [-0.05, 0) is 36.2 Å². The van der Waals surface area contributed by atoms with Gasteiger partial charge in [-0.3, -0.25) is 14.5 Å². The van der Waals surface area contributed by atoms with Crippen molar-refractivity contribution in [3.8, 4) is 5.75 Å². The summed E-state index contributed by atoms with van der Waals surface area (Å²) in [5.74, 6) is 0.216. The van der Waals surface area contributed by atoms with Gasteiger partial charge in [-0.15, -0.1) is 0 Å². The second kappa shape index (κ2) is 6.22. The van der Waals surface area contributed by atoms with Gasteiger partial charge in [0.25, 0.3) is 11.8 Å². The molecular formula is C18H18N2O3. The van der Waals surface area contributed by atoms with E-state index < -0.39 is 0 Å². The maximum atomic E-state index is 12.3. The van der Waals surface area contributed by atoms with Crippen molar-refractivity contribution in [3.63, 3.8) is 0 Å². The number of hydrogen-bond acceptors (Lipinski definition) is 4. The van der Waals surface area contributed by atoms with Crippen LogP contribution in [0.25, 0.3) is 0 Å². The van der Waals surface area contributed by atoms with E-state index in [0.717, 1.165) is 11.3 Å². The highest BCUT2D eigenvalue weighted by Crippen LogP contribution is 2.23. The molecule has 5 nitrogen and oxygen atoms in total. The number of imide groups is 1. The number of nitrogens with zero attached hydrogens (tertiary/aromatic N) is 1. The molecule has 1 aliphatic heterocycles. The van der Waals surface area contributed by atoms with E-state index >= 15 is 0 Å². The lowest BCUT2D eigenvalue weighted by Gasteiger charge is -2.19. The van der Waals surface area contributed by atoms with Crippen LogP contribution in [-0.2, 0) is 6.42 Å². The summed E-state index contributed by atoms with van der Waals surface area (Å²) in [6.07, 6.45) is 0.560. The Hall–Kier alpha value is -2.66. The monoisotopic (exact) mass is 310 g/mol. The van der Waals surface area contributed by atoms with Crippen molar-refractivity contribution < 1.29 is 14.3 Å². The van der Waals surface area contributed by atoms with Gasteiger partial charge in [-0.25, -0.2) is 0 Å². The van der Waals surface area contributed by atoms with Crippen LogP contribution in [0.15, 0.2) is 48.5 Å². The first-order valence-corrected chi connectivity index (χ1v) is 7.44. The quantitative estimate of drug-likeness (QED) is 0.856. The van der Waals surface area contributed by atoms with Crippen LogP contribution >= 0.6 is 0 Å². The van der Waals surface area contributed by atoms with Crippen LogP contribution in [0.4, 0.5) is 0 Å². The minimum Gasteiger partial charge on any atom is -0.497 e. The number of carbonyl (C=O) groups is 2. The third kappa shape index (κ3) is 2.96. The number of carbonyl (C=O) groups excluding carboxylic acids is 2. The van der Waals surface area contributed by atoms with E-state index in [1.807, 2.05) is 24.3 Å². The van der Waals surface area contributed by atoms with Crippen LogP contribution in [-0.4, -0.2) is 36.4 Å². The second-order valence-electron chi connectivity index (χ2n) is 5.58. The standard InChI is InChI=1S/C18H18N2O3/c1-23-14-6-4-5-12(10-14)9-13(19)11-20-17(21)15-7-2-3-8-16(15)18(20)22/h2-8,10,13H,9,11,19H2,1H3. The molecule has 5 heteroatoms. The minimum atomic E-state index is -0.329. The molecule has 1 heterocycles. The SMILES string of the molecule is COc1cccc(CC(N)CN2C(=O)c3ccccc3C2=O)c1. The Morgan fingerprint density at radius 1 is 1.04 bits per heavy atom. The molecule has 0 bridgehead atoms. The molecule has 2 aromatic rings. The zero-order valence-corrected chi connectivity index (χ0v) is 12.9. The molecule has 2 N–H and O–H groups in total. The number of hydrogen-bond donors (Lipinski definition) is 1. The molecule has 1 atom stereocenters. The molecule has 2 aromatic carbocycles. The summed E-state index contributed by atoms with van der Waals surface area (Å²) < 4.78 is 5.19. The van der Waals surface area contributed by atoms with Crippen molar-refractivity contribution in [1.82, 2.24) is 4.90 Å². The third-order valence-electron chi connectivity index (χ3n) is 3.93. The van der Waals surface area contributed by atoms with Crippen LogP contribution < -0.4 is 10.5 Å². The van der Waals surface area contributed by atoms with Gasteiger partial charge in [0.2, 0.25) is 0 Å². The van der Waals surface area contributed by atoms with Crippen LogP contribution in [0.5, 0.6) is 5.75 Å². The van der Waals surface area contributed by atoms with Crippen LogP contribution in [0.1, 0.15) is 26.3 Å². The van der Waals surface area contributed by atoms with Gasteiger partial charge >= 0.3 is 0 Å². The maximum absolute atomic E-state index is 12.3. The molecule has 0 saturated heterocycles. The van der Waals surface area contributed by atoms with E-state index in [9.17, 15) is 9.59 Å². The lowest BCUT2D eigenvalue weighted by molar-refractivity contribution is 0.0644. The van der Waals surface area contributed by atoms with Gasteiger partial charge in [0.1, 0.15) is 5.75 Å². The van der Waals surface area contributed by atoms with Gasteiger partial charge < -0.3 is 10.5 Å². The summed E-state index contributed by atoms with van der Waals surface area (Å²) in [5.41, 5.74) is 8.06. The van der Waals surface area contributed by atoms with Gasteiger partial charge in [0.05, 0.1) is 18.2 Å². The van der Waals surface area contributed by atoms with Crippen LogP contribution in [0, 0.1) is 0 Å². The highest BCUT2D eigenvalue weighted by molar-refractivity contribution is 6.21. The van der Waals surface area contributed by atoms with Crippen molar-refractivity contribution in [3.05, 3.63) is 65.2 Å². The van der Waals surface area contributed by atoms with Crippen molar-refractivity contribution in [2.75, 3.05) is 13.7 Å². The summed E-state index contributed by atoms with van der Waals surface area (Å²) >= 11 is 0.